The summed E-state index contributed by atoms with van der Waals surface area (Å²) in [5, 5.41) is 7.66. The summed E-state index contributed by atoms with van der Waals surface area (Å²) in [5.74, 6) is 0.196. The molecular weight excluding hydrogens is 236 g/mol. The van der Waals surface area contributed by atoms with Crippen molar-refractivity contribution < 1.29 is 9.47 Å². The van der Waals surface area contributed by atoms with Crippen LogP contribution in [0.15, 0.2) is 0 Å². The van der Waals surface area contributed by atoms with Gasteiger partial charge in [0.15, 0.2) is 11.3 Å². The third-order valence-corrected chi connectivity index (χ3v) is 2.02. The topological polar surface area (TPSA) is 109 Å². The zero-order chi connectivity index (χ0) is 13.0. The first-order valence-electron chi connectivity index (χ1n) is 5.68. The Morgan fingerprint density at radius 2 is 1.83 bits per heavy atom. The predicted octanol–water partition coefficient (Wildman–Crippen LogP) is 0.584. The van der Waals surface area contributed by atoms with Crippen molar-refractivity contribution in [3.8, 4) is 12.0 Å². The number of anilines is 1. The Morgan fingerprint density at radius 1 is 1.00 bits per heavy atom. The van der Waals surface area contributed by atoms with E-state index < -0.39 is 0 Å². The van der Waals surface area contributed by atoms with Crippen LogP contribution in [0.2, 0.25) is 0 Å². The van der Waals surface area contributed by atoms with E-state index >= 15 is 0 Å². The van der Waals surface area contributed by atoms with Gasteiger partial charge in [0.1, 0.15) is 0 Å². The first-order valence-corrected chi connectivity index (χ1v) is 5.68. The summed E-state index contributed by atoms with van der Waals surface area (Å²) in [7, 11) is 0. The maximum Gasteiger partial charge on any atom is 0.336 e. The molecule has 0 aliphatic heterocycles. The quantitative estimate of drug-likeness (QED) is 0.820. The van der Waals surface area contributed by atoms with Crippen LogP contribution in [0.5, 0.6) is 12.0 Å². The van der Waals surface area contributed by atoms with Crippen LogP contribution in [-0.4, -0.2) is 38.4 Å². The molecular formula is C10H14N6O2. The van der Waals surface area contributed by atoms with Crippen molar-refractivity contribution in [2.24, 2.45) is 0 Å². The number of rotatable bonds is 5. The first kappa shape index (κ1) is 12.2. The number of nitrogens with two attached hydrogens (primary N) is 1. The molecule has 8 nitrogen and oxygen atoms in total. The maximum absolute atomic E-state index is 5.78. The van der Waals surface area contributed by atoms with Crippen LogP contribution in [0, 0.1) is 0 Å². The summed E-state index contributed by atoms with van der Waals surface area (Å²) in [6.45, 7) is 4.78. The molecule has 2 N–H and O–H groups in total. The minimum Gasteiger partial charge on any atom is -0.463 e. The lowest BCUT2D eigenvalue weighted by Crippen LogP contribution is -2.07. The molecule has 0 aliphatic carbocycles. The Balaban J connectivity index is 2.38. The standard InChI is InChI=1S/C10H14N6O2/c1-3-5-18-9-13-7(11)6-8(14-9)15-16-10(12-6)17-4-2/h3-5H2,1-2H3,(H2,11,13,14,15). The van der Waals surface area contributed by atoms with Gasteiger partial charge in [-0.2, -0.15) is 15.0 Å². The van der Waals surface area contributed by atoms with Gasteiger partial charge in [-0.25, -0.2) is 0 Å². The summed E-state index contributed by atoms with van der Waals surface area (Å²) in [6.07, 6.45) is 0.856. The number of hydrogen-bond acceptors (Lipinski definition) is 8. The van der Waals surface area contributed by atoms with Gasteiger partial charge in [-0.15, -0.1) is 5.10 Å². The van der Waals surface area contributed by atoms with Crippen molar-refractivity contribution >= 4 is 17.0 Å². The van der Waals surface area contributed by atoms with Gasteiger partial charge in [-0.05, 0) is 13.3 Å². The smallest absolute Gasteiger partial charge is 0.336 e. The second-order valence-corrected chi connectivity index (χ2v) is 3.44. The first-order chi connectivity index (χ1) is 8.74. The lowest BCUT2D eigenvalue weighted by Gasteiger charge is -2.05. The Morgan fingerprint density at radius 3 is 2.56 bits per heavy atom. The number of hydrogen-bond donors (Lipinski definition) is 1. The SMILES string of the molecule is CCCOc1nc(N)c2nc(OCC)nnc2n1. The van der Waals surface area contributed by atoms with E-state index in [0.29, 0.717) is 18.7 Å². The highest BCUT2D eigenvalue weighted by molar-refractivity contribution is 5.80. The predicted molar refractivity (Wildman–Crippen MR) is 64.3 cm³/mol. The number of nitrogen functional groups attached to an aromatic ring is 1. The van der Waals surface area contributed by atoms with Crippen molar-refractivity contribution in [2.45, 2.75) is 20.3 Å². The fourth-order valence-electron chi connectivity index (χ4n) is 1.27. The van der Waals surface area contributed by atoms with E-state index in [1.54, 1.807) is 0 Å². The Hall–Kier alpha value is -2.25. The van der Waals surface area contributed by atoms with Crippen LogP contribution in [0.3, 0.4) is 0 Å². The summed E-state index contributed by atoms with van der Waals surface area (Å²) < 4.78 is 10.4. The van der Waals surface area contributed by atoms with E-state index in [9.17, 15) is 0 Å². The molecule has 18 heavy (non-hydrogen) atoms. The van der Waals surface area contributed by atoms with E-state index in [-0.39, 0.29) is 23.5 Å². The third-order valence-electron chi connectivity index (χ3n) is 2.02. The van der Waals surface area contributed by atoms with Crippen molar-refractivity contribution in [3.63, 3.8) is 0 Å². The van der Waals surface area contributed by atoms with Gasteiger partial charge in [-0.1, -0.05) is 12.0 Å². The molecule has 2 rings (SSSR count). The molecule has 2 aromatic heterocycles. The van der Waals surface area contributed by atoms with E-state index in [4.69, 9.17) is 15.2 Å². The van der Waals surface area contributed by atoms with Gasteiger partial charge in [0.05, 0.1) is 13.2 Å². The molecule has 0 aromatic carbocycles. The van der Waals surface area contributed by atoms with Gasteiger partial charge in [-0.3, -0.25) is 0 Å². The van der Waals surface area contributed by atoms with Gasteiger partial charge >= 0.3 is 12.0 Å². The second-order valence-electron chi connectivity index (χ2n) is 3.44. The van der Waals surface area contributed by atoms with Crippen LogP contribution in [0.25, 0.3) is 11.2 Å². The minimum atomic E-state index is 0.155. The molecule has 0 fully saturated rings. The molecule has 8 heteroatoms. The van der Waals surface area contributed by atoms with Crippen molar-refractivity contribution in [2.75, 3.05) is 18.9 Å². The maximum atomic E-state index is 5.78. The van der Waals surface area contributed by atoms with E-state index in [1.807, 2.05) is 13.8 Å². The van der Waals surface area contributed by atoms with Crippen molar-refractivity contribution in [3.05, 3.63) is 0 Å². The van der Waals surface area contributed by atoms with E-state index in [1.165, 1.54) is 0 Å². The number of ether oxygens (including phenoxy) is 2. The summed E-state index contributed by atoms with van der Waals surface area (Å²) in [6, 6.07) is 0.338. The fraction of sp³-hybridized carbons (Fsp3) is 0.500. The Kier molecular flexibility index (Phi) is 3.66. The van der Waals surface area contributed by atoms with Crippen LogP contribution in [0.1, 0.15) is 20.3 Å². The zero-order valence-corrected chi connectivity index (χ0v) is 10.3. The molecule has 0 aliphatic rings. The molecule has 0 radical (unpaired) electrons. The molecule has 2 aromatic rings. The van der Waals surface area contributed by atoms with Gasteiger partial charge in [0.25, 0.3) is 0 Å². The van der Waals surface area contributed by atoms with Crippen LogP contribution in [-0.2, 0) is 0 Å². The monoisotopic (exact) mass is 250 g/mol. The number of fused-ring (bicyclic) bond motifs is 1. The summed E-state index contributed by atoms with van der Waals surface area (Å²) in [4.78, 5) is 12.2. The van der Waals surface area contributed by atoms with Crippen LogP contribution >= 0.6 is 0 Å². The summed E-state index contributed by atoms with van der Waals surface area (Å²) >= 11 is 0. The van der Waals surface area contributed by atoms with Gasteiger partial charge < -0.3 is 15.2 Å². The molecule has 0 bridgehead atoms. The lowest BCUT2D eigenvalue weighted by molar-refractivity contribution is 0.293. The molecule has 0 saturated heterocycles. The Labute approximate surface area is 104 Å². The molecule has 0 spiro atoms. The number of nitrogens with zero attached hydrogens (tertiary/aromatic N) is 5. The normalized spacial score (nSPS) is 10.6. The largest absolute Gasteiger partial charge is 0.463 e. The third kappa shape index (κ3) is 2.53. The van der Waals surface area contributed by atoms with Gasteiger partial charge in [0.2, 0.25) is 5.65 Å². The summed E-state index contributed by atoms with van der Waals surface area (Å²) in [5.41, 5.74) is 6.42. The highest BCUT2D eigenvalue weighted by Crippen LogP contribution is 2.18. The van der Waals surface area contributed by atoms with Crippen LogP contribution < -0.4 is 15.2 Å². The molecule has 96 valence electrons. The Bertz CT molecular complexity index is 547. The van der Waals surface area contributed by atoms with Crippen LogP contribution in [0.4, 0.5) is 5.82 Å². The molecule has 0 atom stereocenters. The molecule has 0 saturated carbocycles. The van der Waals surface area contributed by atoms with E-state index in [2.05, 4.69) is 25.1 Å². The highest BCUT2D eigenvalue weighted by Gasteiger charge is 2.11. The minimum absolute atomic E-state index is 0.155. The van der Waals surface area contributed by atoms with Crippen molar-refractivity contribution in [1.82, 2.24) is 25.1 Å². The lowest BCUT2D eigenvalue weighted by atomic mass is 10.5. The van der Waals surface area contributed by atoms with Crippen molar-refractivity contribution in [1.29, 1.82) is 0 Å². The average molecular weight is 250 g/mol. The van der Waals surface area contributed by atoms with E-state index in [0.717, 1.165) is 6.42 Å². The fourth-order valence-corrected chi connectivity index (χ4v) is 1.27. The highest BCUT2D eigenvalue weighted by atomic mass is 16.5. The number of aromatic nitrogens is 5. The molecule has 2 heterocycles. The zero-order valence-electron chi connectivity index (χ0n) is 10.3. The van der Waals surface area contributed by atoms with Gasteiger partial charge in [0, 0.05) is 0 Å². The average Bonchev–Trinajstić information content (AvgIpc) is 2.37. The second kappa shape index (κ2) is 5.39. The molecule has 0 unspecified atom stereocenters. The molecule has 0 amide bonds.